The van der Waals surface area contributed by atoms with Gasteiger partial charge in [0, 0.05) is 0 Å². The molecule has 1 saturated heterocycles. The second-order valence-corrected chi connectivity index (χ2v) is 3.16. The number of ether oxygens (including phenoxy) is 1. The van der Waals surface area contributed by atoms with Crippen molar-refractivity contribution in [2.24, 2.45) is 5.92 Å². The van der Waals surface area contributed by atoms with Gasteiger partial charge in [-0.25, -0.2) is 9.18 Å². The minimum Gasteiger partial charge on any atom is -0.390 e. The topological polar surface area (TPSA) is 43.4 Å². The van der Waals surface area contributed by atoms with Crippen molar-refractivity contribution in [3.63, 3.8) is 0 Å². The Labute approximate surface area is 68.2 Å². The Balaban J connectivity index is 2.55. The van der Waals surface area contributed by atoms with Gasteiger partial charge in [-0.1, -0.05) is 5.57 Å². The van der Waals surface area contributed by atoms with Crippen LogP contribution in [0.15, 0.2) is 11.1 Å². The molecule has 0 amide bonds. The van der Waals surface area contributed by atoms with E-state index in [0.717, 1.165) is 0 Å². The van der Waals surface area contributed by atoms with E-state index < -0.39 is 23.5 Å². The number of alkyl halides is 1. The second-order valence-electron chi connectivity index (χ2n) is 3.16. The number of fused-ring (bicyclic) bond motifs is 1. The molecule has 0 unspecified atom stereocenters. The Hall–Kier alpha value is -1.19. The summed E-state index contributed by atoms with van der Waals surface area (Å²) in [5.41, 5.74) is -1.20. The lowest BCUT2D eigenvalue weighted by molar-refractivity contribution is -0.154. The zero-order valence-corrected chi connectivity index (χ0v) is 6.68. The van der Waals surface area contributed by atoms with Crippen LogP contribution in [0.3, 0.4) is 0 Å². The molecule has 64 valence electrons. The first kappa shape index (κ1) is 7.46. The largest absolute Gasteiger partial charge is 0.390 e. The molecule has 4 heteroatoms. The Morgan fingerprint density at radius 2 is 2.00 bits per heavy atom. The summed E-state index contributed by atoms with van der Waals surface area (Å²) in [5, 5.41) is 0. The van der Waals surface area contributed by atoms with Crippen LogP contribution in [0.2, 0.25) is 0 Å². The molecule has 1 aliphatic heterocycles. The van der Waals surface area contributed by atoms with E-state index in [1.165, 1.54) is 6.92 Å². The number of hydrogen-bond acceptors (Lipinski definition) is 3. The van der Waals surface area contributed by atoms with Gasteiger partial charge in [0.1, 0.15) is 5.92 Å². The SMILES string of the molecule is CC1=C(C)[C@@]2(F)C(=O)OC(=O)[C@@H]12. The highest BCUT2D eigenvalue weighted by Crippen LogP contribution is 2.52. The fraction of sp³-hybridized carbons (Fsp3) is 0.500. The highest BCUT2D eigenvalue weighted by atomic mass is 19.1. The smallest absolute Gasteiger partial charge is 0.357 e. The fourth-order valence-corrected chi connectivity index (χ4v) is 1.78. The summed E-state index contributed by atoms with van der Waals surface area (Å²) in [6.45, 7) is 3.14. The lowest BCUT2D eigenvalue weighted by Gasteiger charge is -2.34. The van der Waals surface area contributed by atoms with Crippen molar-refractivity contribution in [1.29, 1.82) is 0 Å². The molecule has 0 N–H and O–H groups in total. The normalized spacial score (nSPS) is 39.4. The molecule has 0 radical (unpaired) electrons. The van der Waals surface area contributed by atoms with Crippen molar-refractivity contribution in [2.75, 3.05) is 0 Å². The lowest BCUT2D eigenvalue weighted by atomic mass is 9.68. The highest BCUT2D eigenvalue weighted by Gasteiger charge is 2.67. The number of hydrogen-bond donors (Lipinski definition) is 0. The fourth-order valence-electron chi connectivity index (χ4n) is 1.78. The molecule has 1 aliphatic carbocycles. The summed E-state index contributed by atoms with van der Waals surface area (Å²) in [4.78, 5) is 21.8. The molecular formula is C8H7FO3. The zero-order valence-electron chi connectivity index (χ0n) is 6.68. The van der Waals surface area contributed by atoms with Crippen molar-refractivity contribution in [2.45, 2.75) is 19.5 Å². The minimum atomic E-state index is -2.14. The molecular weight excluding hydrogens is 163 g/mol. The van der Waals surface area contributed by atoms with Crippen LogP contribution < -0.4 is 0 Å². The third-order valence-electron chi connectivity index (χ3n) is 2.69. The molecule has 2 atom stereocenters. The number of halogens is 1. The van der Waals surface area contributed by atoms with Gasteiger partial charge in [0.15, 0.2) is 0 Å². The van der Waals surface area contributed by atoms with Gasteiger partial charge in [0.25, 0.3) is 0 Å². The monoisotopic (exact) mass is 170 g/mol. The first-order valence-electron chi connectivity index (χ1n) is 3.62. The van der Waals surface area contributed by atoms with E-state index in [0.29, 0.717) is 11.1 Å². The molecule has 2 rings (SSSR count). The summed E-state index contributed by atoms with van der Waals surface area (Å²) < 4.78 is 17.8. The number of cyclic esters (lactones) is 2. The van der Waals surface area contributed by atoms with Gasteiger partial charge in [0.05, 0.1) is 0 Å². The van der Waals surface area contributed by atoms with Gasteiger partial charge in [0.2, 0.25) is 5.67 Å². The predicted octanol–water partition coefficient (Wildman–Crippen LogP) is 0.744. The van der Waals surface area contributed by atoms with E-state index in [9.17, 15) is 14.0 Å². The molecule has 3 nitrogen and oxygen atoms in total. The quantitative estimate of drug-likeness (QED) is 0.306. The molecule has 2 aliphatic rings. The van der Waals surface area contributed by atoms with Crippen molar-refractivity contribution in [3.05, 3.63) is 11.1 Å². The first-order valence-corrected chi connectivity index (χ1v) is 3.62. The number of esters is 2. The van der Waals surface area contributed by atoms with Gasteiger partial charge in [-0.3, -0.25) is 4.79 Å². The average molecular weight is 170 g/mol. The summed E-state index contributed by atoms with van der Waals surface area (Å²) in [7, 11) is 0. The van der Waals surface area contributed by atoms with E-state index in [1.54, 1.807) is 6.92 Å². The van der Waals surface area contributed by atoms with Gasteiger partial charge in [-0.2, -0.15) is 0 Å². The maximum atomic E-state index is 13.6. The summed E-state index contributed by atoms with van der Waals surface area (Å²) in [5.74, 6) is -2.78. The summed E-state index contributed by atoms with van der Waals surface area (Å²) in [6.07, 6.45) is 0. The van der Waals surface area contributed by atoms with Crippen LogP contribution in [0.25, 0.3) is 0 Å². The highest BCUT2D eigenvalue weighted by molar-refractivity contribution is 6.07. The third kappa shape index (κ3) is 0.499. The molecule has 0 aromatic carbocycles. The van der Waals surface area contributed by atoms with Crippen LogP contribution in [-0.4, -0.2) is 17.6 Å². The predicted molar refractivity (Wildman–Crippen MR) is 36.8 cm³/mol. The first-order chi connectivity index (χ1) is 5.49. The molecule has 1 heterocycles. The van der Waals surface area contributed by atoms with Crippen LogP contribution in [0.4, 0.5) is 4.39 Å². The van der Waals surface area contributed by atoms with Crippen LogP contribution in [0, 0.1) is 5.92 Å². The number of rotatable bonds is 0. The maximum absolute atomic E-state index is 13.6. The molecule has 0 bridgehead atoms. The third-order valence-corrected chi connectivity index (χ3v) is 2.69. The number of carbonyl (C=O) groups is 2. The Kier molecular flexibility index (Phi) is 1.09. The van der Waals surface area contributed by atoms with E-state index in [4.69, 9.17) is 0 Å². The molecule has 0 aromatic heterocycles. The van der Waals surface area contributed by atoms with E-state index in [-0.39, 0.29) is 0 Å². The van der Waals surface area contributed by atoms with E-state index >= 15 is 0 Å². The van der Waals surface area contributed by atoms with Gasteiger partial charge in [-0.05, 0) is 19.4 Å². The standard InChI is InChI=1S/C8H7FO3/c1-3-4(2)8(9)5(3)6(10)12-7(8)11/h5H,1-2H3/t5-,8+/m1/s1. The van der Waals surface area contributed by atoms with Crippen molar-refractivity contribution >= 4 is 11.9 Å². The second kappa shape index (κ2) is 1.76. The Bertz CT molecular complexity index is 331. The van der Waals surface area contributed by atoms with Crippen LogP contribution >= 0.6 is 0 Å². The molecule has 12 heavy (non-hydrogen) atoms. The van der Waals surface area contributed by atoms with Crippen LogP contribution in [-0.2, 0) is 14.3 Å². The van der Waals surface area contributed by atoms with E-state index in [1.807, 2.05) is 0 Å². The van der Waals surface area contributed by atoms with Gasteiger partial charge < -0.3 is 4.74 Å². The Morgan fingerprint density at radius 1 is 1.42 bits per heavy atom. The molecule has 1 fully saturated rings. The average Bonchev–Trinajstić information content (AvgIpc) is 2.21. The summed E-state index contributed by atoms with van der Waals surface area (Å²) in [6, 6.07) is 0. The number of carbonyl (C=O) groups excluding carboxylic acids is 2. The molecule has 0 spiro atoms. The maximum Gasteiger partial charge on any atom is 0.357 e. The summed E-state index contributed by atoms with van der Waals surface area (Å²) >= 11 is 0. The van der Waals surface area contributed by atoms with E-state index in [2.05, 4.69) is 4.74 Å². The van der Waals surface area contributed by atoms with Crippen molar-refractivity contribution in [3.8, 4) is 0 Å². The van der Waals surface area contributed by atoms with Crippen molar-refractivity contribution < 1.29 is 18.7 Å². The molecule has 0 aromatic rings. The Morgan fingerprint density at radius 3 is 2.50 bits per heavy atom. The zero-order chi connectivity index (χ0) is 9.09. The van der Waals surface area contributed by atoms with Crippen molar-refractivity contribution in [1.82, 2.24) is 0 Å². The minimum absolute atomic E-state index is 0.323. The lowest BCUT2D eigenvalue weighted by Crippen LogP contribution is -2.47. The van der Waals surface area contributed by atoms with Crippen LogP contribution in [0.1, 0.15) is 13.8 Å². The van der Waals surface area contributed by atoms with Crippen LogP contribution in [0.5, 0.6) is 0 Å². The van der Waals surface area contributed by atoms with Gasteiger partial charge in [-0.15, -0.1) is 0 Å². The van der Waals surface area contributed by atoms with Gasteiger partial charge >= 0.3 is 11.9 Å². The molecule has 0 saturated carbocycles.